The molecule has 0 aliphatic carbocycles. The number of fused-ring (bicyclic) bond motifs is 1. The van der Waals surface area contributed by atoms with Gasteiger partial charge in [-0.25, -0.2) is 0 Å². The van der Waals surface area contributed by atoms with Gasteiger partial charge in [-0.05, 0) is 31.9 Å². The number of aromatic nitrogens is 1. The number of hydrogen-bond acceptors (Lipinski definition) is 4. The van der Waals surface area contributed by atoms with E-state index in [1.807, 2.05) is 24.0 Å². The molecule has 0 spiro atoms. The minimum atomic E-state index is -0.129. The van der Waals surface area contributed by atoms with Crippen molar-refractivity contribution in [3.63, 3.8) is 0 Å². The third-order valence-corrected chi connectivity index (χ3v) is 4.92. The molecule has 6 nitrogen and oxygen atoms in total. The highest BCUT2D eigenvalue weighted by molar-refractivity contribution is 5.93. The van der Waals surface area contributed by atoms with Crippen LogP contribution in [-0.4, -0.2) is 47.5 Å². The number of nitrogens with zero attached hydrogens (tertiary/aromatic N) is 2. The lowest BCUT2D eigenvalue weighted by Gasteiger charge is -2.44. The number of piperidine rings is 1. The zero-order valence-electron chi connectivity index (χ0n) is 13.6. The third kappa shape index (κ3) is 3.37. The average molecular weight is 317 g/mol. The van der Waals surface area contributed by atoms with Crippen LogP contribution < -0.4 is 5.32 Å². The van der Waals surface area contributed by atoms with E-state index in [1.54, 1.807) is 13.1 Å². The maximum absolute atomic E-state index is 12.8. The Morgan fingerprint density at radius 2 is 2.22 bits per heavy atom. The van der Waals surface area contributed by atoms with Crippen LogP contribution in [0.1, 0.15) is 25.5 Å². The van der Waals surface area contributed by atoms with E-state index in [2.05, 4.69) is 10.3 Å². The van der Waals surface area contributed by atoms with Crippen molar-refractivity contribution >= 4 is 17.5 Å². The van der Waals surface area contributed by atoms with E-state index in [9.17, 15) is 9.59 Å². The first-order valence-electron chi connectivity index (χ1n) is 8.16. The summed E-state index contributed by atoms with van der Waals surface area (Å²) < 4.78 is 5.83. The van der Waals surface area contributed by atoms with Crippen molar-refractivity contribution in [2.24, 2.45) is 11.8 Å². The van der Waals surface area contributed by atoms with Crippen LogP contribution in [-0.2, 0) is 14.3 Å². The van der Waals surface area contributed by atoms with Crippen LogP contribution in [0.25, 0.3) is 0 Å². The van der Waals surface area contributed by atoms with Gasteiger partial charge < -0.3 is 15.0 Å². The van der Waals surface area contributed by atoms with E-state index in [0.29, 0.717) is 26.1 Å². The van der Waals surface area contributed by atoms with Crippen molar-refractivity contribution in [1.82, 2.24) is 9.88 Å². The second-order valence-corrected chi connectivity index (χ2v) is 6.35. The number of rotatable bonds is 2. The van der Waals surface area contributed by atoms with Crippen LogP contribution in [0.5, 0.6) is 0 Å². The second-order valence-electron chi connectivity index (χ2n) is 6.35. The molecule has 1 aromatic rings. The van der Waals surface area contributed by atoms with Crippen LogP contribution in [0.4, 0.5) is 5.69 Å². The monoisotopic (exact) mass is 317 g/mol. The zero-order valence-corrected chi connectivity index (χ0v) is 13.6. The number of ether oxygens (including phenoxy) is 1. The van der Waals surface area contributed by atoms with E-state index in [0.717, 1.165) is 17.8 Å². The fraction of sp³-hybridized carbons (Fsp3) is 0.588. The first-order valence-corrected chi connectivity index (χ1v) is 8.16. The second kappa shape index (κ2) is 6.66. The fourth-order valence-electron chi connectivity index (χ4n) is 3.57. The van der Waals surface area contributed by atoms with Gasteiger partial charge in [-0.15, -0.1) is 0 Å². The quantitative estimate of drug-likeness (QED) is 0.899. The van der Waals surface area contributed by atoms with Gasteiger partial charge in [-0.3, -0.25) is 14.6 Å². The molecule has 1 aromatic heterocycles. The summed E-state index contributed by atoms with van der Waals surface area (Å²) in [6.45, 7) is 5.38. The topological polar surface area (TPSA) is 71.5 Å². The lowest BCUT2D eigenvalue weighted by Crippen LogP contribution is -2.53. The molecule has 0 radical (unpaired) electrons. The van der Waals surface area contributed by atoms with Crippen molar-refractivity contribution in [3.05, 3.63) is 24.0 Å². The highest BCUT2D eigenvalue weighted by atomic mass is 16.5. The minimum absolute atomic E-state index is 0.00445. The Hall–Kier alpha value is -1.95. The van der Waals surface area contributed by atoms with E-state index in [1.165, 1.54) is 0 Å². The maximum atomic E-state index is 12.8. The van der Waals surface area contributed by atoms with E-state index in [-0.39, 0.29) is 29.8 Å². The highest BCUT2D eigenvalue weighted by Crippen LogP contribution is 2.34. The highest BCUT2D eigenvalue weighted by Gasteiger charge is 2.42. The standard InChI is InChI=1S/C17H23N3O3/c1-11-15(4-3-7-18-11)19-17(22)13-6-9-23-16-5-8-20(12(2)21)10-14(13)16/h3-4,7,13-14,16H,5-6,8-10H2,1-2H3,(H,19,22)/t13-,14-,16-/m1/s1. The first kappa shape index (κ1) is 15.9. The van der Waals surface area contributed by atoms with Crippen LogP contribution in [0, 0.1) is 18.8 Å². The number of amides is 2. The average Bonchev–Trinajstić information content (AvgIpc) is 2.55. The van der Waals surface area contributed by atoms with Crippen molar-refractivity contribution in [2.75, 3.05) is 25.0 Å². The summed E-state index contributed by atoms with van der Waals surface area (Å²) in [6.07, 6.45) is 3.28. The van der Waals surface area contributed by atoms with Crippen LogP contribution in [0.15, 0.2) is 18.3 Å². The number of carbonyl (C=O) groups excluding carboxylic acids is 2. The van der Waals surface area contributed by atoms with Crippen molar-refractivity contribution in [1.29, 1.82) is 0 Å². The number of carbonyl (C=O) groups is 2. The van der Waals surface area contributed by atoms with E-state index < -0.39 is 0 Å². The summed E-state index contributed by atoms with van der Waals surface area (Å²) in [6, 6.07) is 3.67. The van der Waals surface area contributed by atoms with E-state index in [4.69, 9.17) is 4.74 Å². The molecule has 6 heteroatoms. The molecule has 2 aliphatic rings. The molecule has 0 aromatic carbocycles. The first-order chi connectivity index (χ1) is 11.1. The molecule has 3 rings (SSSR count). The number of hydrogen-bond donors (Lipinski definition) is 1. The number of pyridine rings is 1. The molecule has 0 saturated carbocycles. The Balaban J connectivity index is 1.73. The molecule has 2 amide bonds. The van der Waals surface area contributed by atoms with Gasteiger partial charge in [0.15, 0.2) is 0 Å². The SMILES string of the molecule is CC(=O)N1CC[C@H]2OCC[C@@H](C(=O)Nc3cccnc3C)[C@H]2C1. The van der Waals surface area contributed by atoms with Gasteiger partial charge in [-0.1, -0.05) is 0 Å². The normalized spacial score (nSPS) is 27.2. The van der Waals surface area contributed by atoms with Gasteiger partial charge in [0.2, 0.25) is 11.8 Å². The molecule has 3 heterocycles. The van der Waals surface area contributed by atoms with Crippen LogP contribution in [0.3, 0.4) is 0 Å². The molecular weight excluding hydrogens is 294 g/mol. The molecule has 0 unspecified atom stereocenters. The van der Waals surface area contributed by atoms with Gasteiger partial charge in [0.25, 0.3) is 0 Å². The summed E-state index contributed by atoms with van der Waals surface area (Å²) in [4.78, 5) is 30.4. The summed E-state index contributed by atoms with van der Waals surface area (Å²) in [7, 11) is 0. The molecular formula is C17H23N3O3. The lowest BCUT2D eigenvalue weighted by molar-refractivity contribution is -0.146. The Kier molecular flexibility index (Phi) is 4.61. The van der Waals surface area contributed by atoms with Crippen LogP contribution >= 0.6 is 0 Å². The zero-order chi connectivity index (χ0) is 16.4. The fourth-order valence-corrected chi connectivity index (χ4v) is 3.57. The molecule has 124 valence electrons. The molecule has 2 saturated heterocycles. The third-order valence-electron chi connectivity index (χ3n) is 4.92. The Bertz CT molecular complexity index is 605. The molecule has 2 aliphatic heterocycles. The minimum Gasteiger partial charge on any atom is -0.378 e. The van der Waals surface area contributed by atoms with Crippen molar-refractivity contribution in [2.45, 2.75) is 32.8 Å². The Morgan fingerprint density at radius 3 is 2.96 bits per heavy atom. The largest absolute Gasteiger partial charge is 0.378 e. The summed E-state index contributed by atoms with van der Waals surface area (Å²) in [5.41, 5.74) is 1.55. The molecule has 2 fully saturated rings. The predicted molar refractivity (Wildman–Crippen MR) is 85.8 cm³/mol. The number of aryl methyl sites for hydroxylation is 1. The summed E-state index contributed by atoms with van der Waals surface area (Å²) in [5.74, 6) is 0.00923. The summed E-state index contributed by atoms with van der Waals surface area (Å²) in [5, 5.41) is 3.00. The van der Waals surface area contributed by atoms with Gasteiger partial charge in [0.05, 0.1) is 17.5 Å². The van der Waals surface area contributed by atoms with Gasteiger partial charge in [-0.2, -0.15) is 0 Å². The van der Waals surface area contributed by atoms with Gasteiger partial charge in [0.1, 0.15) is 0 Å². The smallest absolute Gasteiger partial charge is 0.228 e. The van der Waals surface area contributed by atoms with Crippen molar-refractivity contribution < 1.29 is 14.3 Å². The summed E-state index contributed by atoms with van der Waals surface area (Å²) >= 11 is 0. The Morgan fingerprint density at radius 1 is 1.39 bits per heavy atom. The molecule has 0 bridgehead atoms. The van der Waals surface area contributed by atoms with Gasteiger partial charge >= 0.3 is 0 Å². The van der Waals surface area contributed by atoms with E-state index >= 15 is 0 Å². The lowest BCUT2D eigenvalue weighted by atomic mass is 9.79. The van der Waals surface area contributed by atoms with Crippen molar-refractivity contribution in [3.8, 4) is 0 Å². The number of anilines is 1. The molecule has 1 N–H and O–H groups in total. The number of nitrogens with one attached hydrogen (secondary N) is 1. The molecule has 23 heavy (non-hydrogen) atoms. The Labute approximate surface area is 136 Å². The predicted octanol–water partition coefficient (Wildman–Crippen LogP) is 1.60. The van der Waals surface area contributed by atoms with Crippen LogP contribution in [0.2, 0.25) is 0 Å². The molecule has 3 atom stereocenters. The van der Waals surface area contributed by atoms with Gasteiger partial charge in [0, 0.05) is 44.7 Å². The number of likely N-dealkylation sites (tertiary alicyclic amines) is 1. The maximum Gasteiger partial charge on any atom is 0.228 e.